The number of rotatable bonds is 7. The van der Waals surface area contributed by atoms with Crippen LogP contribution in [0, 0.1) is 5.92 Å². The number of thiocarbonyl (C=S) groups is 2. The van der Waals surface area contributed by atoms with E-state index < -0.39 is 0 Å². The summed E-state index contributed by atoms with van der Waals surface area (Å²) >= 11 is 13.9. The van der Waals surface area contributed by atoms with E-state index in [1.165, 1.54) is 23.5 Å². The van der Waals surface area contributed by atoms with Crippen molar-refractivity contribution in [2.24, 2.45) is 5.92 Å². The van der Waals surface area contributed by atoms with Crippen LogP contribution in [0.25, 0.3) is 16.6 Å². The number of Topliss-reactive ketones (excluding diaryl/α,β-unsaturated/α-hetero) is 1. The van der Waals surface area contributed by atoms with Crippen LogP contribution in [-0.2, 0) is 0 Å². The number of hydrogen-bond donors (Lipinski definition) is 0. The molecule has 0 N–H and O–H groups in total. The predicted molar refractivity (Wildman–Crippen MR) is 144 cm³/mol. The Morgan fingerprint density at radius 2 is 1.72 bits per heavy atom. The lowest BCUT2D eigenvalue weighted by atomic mass is 10.0. The van der Waals surface area contributed by atoms with E-state index in [4.69, 9.17) is 24.4 Å². The lowest BCUT2D eigenvalue weighted by Gasteiger charge is -2.20. The van der Waals surface area contributed by atoms with Crippen LogP contribution in [0.1, 0.15) is 10.4 Å². The number of hydrogen-bond acceptors (Lipinski definition) is 7. The average molecular weight is 504 g/mol. The lowest BCUT2D eigenvalue weighted by molar-refractivity contribution is 0.0944. The van der Waals surface area contributed by atoms with Gasteiger partial charge in [-0.3, -0.25) is 9.78 Å². The van der Waals surface area contributed by atoms with Gasteiger partial charge in [-0.25, -0.2) is 4.98 Å². The highest BCUT2D eigenvalue weighted by atomic mass is 32.2. The smallest absolute Gasteiger partial charge is 0.169 e. The van der Waals surface area contributed by atoms with Crippen LogP contribution in [0.15, 0.2) is 49.2 Å². The van der Waals surface area contributed by atoms with Gasteiger partial charge < -0.3 is 14.4 Å². The Hall–Kier alpha value is -2.01. The summed E-state index contributed by atoms with van der Waals surface area (Å²) in [5.74, 6) is 0.991. The molecular weight excluding hydrogens is 479 g/mol. The summed E-state index contributed by atoms with van der Waals surface area (Å²) in [5, 5.41) is 0.911. The predicted octanol–water partition coefficient (Wildman–Crippen LogP) is 4.38. The number of fused-ring (bicyclic) bond motifs is 1. The molecule has 0 fully saturated rings. The van der Waals surface area contributed by atoms with Gasteiger partial charge in [0.25, 0.3) is 0 Å². The molecule has 0 aliphatic rings. The minimum Gasteiger partial charge on any atom is -0.364 e. The van der Waals surface area contributed by atoms with Crippen LogP contribution >= 0.6 is 48.0 Å². The van der Waals surface area contributed by atoms with Gasteiger partial charge in [0.05, 0.1) is 11.8 Å². The Morgan fingerprint density at radius 3 is 2.28 bits per heavy atom. The van der Waals surface area contributed by atoms with E-state index >= 15 is 0 Å². The van der Waals surface area contributed by atoms with Crippen molar-refractivity contribution in [3.05, 3.63) is 54.7 Å². The Labute approximate surface area is 207 Å². The third-order valence-electron chi connectivity index (χ3n) is 4.67. The van der Waals surface area contributed by atoms with Crippen molar-refractivity contribution in [3.63, 3.8) is 0 Å². The summed E-state index contributed by atoms with van der Waals surface area (Å²) in [5.41, 5.74) is 2.41. The zero-order chi connectivity index (χ0) is 23.3. The van der Waals surface area contributed by atoms with Gasteiger partial charge in [-0.05, 0) is 24.3 Å². The maximum absolute atomic E-state index is 13.5. The Morgan fingerprint density at radius 1 is 1.06 bits per heavy atom. The number of benzene rings is 1. The normalized spacial score (nSPS) is 11.0. The quantitative estimate of drug-likeness (QED) is 0.345. The topological polar surface area (TPSA) is 54.3 Å². The zero-order valence-electron chi connectivity index (χ0n) is 18.4. The molecule has 3 rings (SSSR count). The first kappa shape index (κ1) is 24.6. The van der Waals surface area contributed by atoms with E-state index in [1.807, 2.05) is 73.0 Å². The van der Waals surface area contributed by atoms with Crippen LogP contribution in [-0.4, -0.2) is 78.5 Å². The molecule has 0 aliphatic carbocycles. The first-order chi connectivity index (χ1) is 15.3. The molecule has 0 aliphatic heterocycles. The van der Waals surface area contributed by atoms with Crippen LogP contribution in [0.2, 0.25) is 0 Å². The maximum atomic E-state index is 13.5. The largest absolute Gasteiger partial charge is 0.364 e. The van der Waals surface area contributed by atoms with Gasteiger partial charge in [0, 0.05) is 80.8 Å². The number of aromatic nitrogens is 3. The summed E-state index contributed by atoms with van der Waals surface area (Å²) in [6.07, 6.45) is 7.03. The highest BCUT2D eigenvalue weighted by molar-refractivity contribution is 8.23. The van der Waals surface area contributed by atoms with Crippen LogP contribution in [0.3, 0.4) is 0 Å². The second-order valence-electron chi connectivity index (χ2n) is 7.57. The van der Waals surface area contributed by atoms with Gasteiger partial charge in [0.1, 0.15) is 8.64 Å². The number of carbonyl (C=O) groups is 1. The van der Waals surface area contributed by atoms with Crippen molar-refractivity contribution in [3.8, 4) is 5.69 Å². The molecule has 0 saturated heterocycles. The number of pyridine rings is 1. The summed E-state index contributed by atoms with van der Waals surface area (Å²) in [4.78, 5) is 25.9. The molecule has 0 radical (unpaired) electrons. The number of carbonyl (C=O) groups excluding carboxylic acids is 1. The molecule has 168 valence electrons. The van der Waals surface area contributed by atoms with E-state index in [2.05, 4.69) is 9.97 Å². The Bertz CT molecular complexity index is 1090. The highest BCUT2D eigenvalue weighted by Crippen LogP contribution is 2.24. The molecule has 0 amide bonds. The number of nitrogens with zero attached hydrogens (tertiary/aromatic N) is 5. The third kappa shape index (κ3) is 6.28. The Balaban J connectivity index is 1.85. The zero-order valence-corrected chi connectivity index (χ0v) is 21.7. The summed E-state index contributed by atoms with van der Waals surface area (Å²) < 4.78 is 3.43. The monoisotopic (exact) mass is 503 g/mol. The molecule has 10 heteroatoms. The molecule has 1 aromatic carbocycles. The van der Waals surface area contributed by atoms with Gasteiger partial charge in [-0.15, -0.1) is 0 Å². The van der Waals surface area contributed by atoms with E-state index in [1.54, 1.807) is 18.7 Å². The summed E-state index contributed by atoms with van der Waals surface area (Å²) in [6, 6.07) is 7.87. The fraction of sp³-hybridized carbons (Fsp3) is 0.318. The van der Waals surface area contributed by atoms with E-state index in [-0.39, 0.29) is 11.7 Å². The molecule has 0 unspecified atom stereocenters. The number of thioether (sulfide) groups is 2. The second-order valence-corrected chi connectivity index (χ2v) is 10.9. The summed E-state index contributed by atoms with van der Waals surface area (Å²) in [6.45, 7) is 0. The highest BCUT2D eigenvalue weighted by Gasteiger charge is 2.23. The van der Waals surface area contributed by atoms with Crippen molar-refractivity contribution >= 4 is 73.3 Å². The van der Waals surface area contributed by atoms with Gasteiger partial charge in [-0.1, -0.05) is 48.0 Å². The summed E-state index contributed by atoms with van der Waals surface area (Å²) in [7, 11) is 7.64. The van der Waals surface area contributed by atoms with Gasteiger partial charge in [0.2, 0.25) is 0 Å². The minimum absolute atomic E-state index is 0.0514. The van der Waals surface area contributed by atoms with Crippen LogP contribution in [0.5, 0.6) is 0 Å². The van der Waals surface area contributed by atoms with Gasteiger partial charge >= 0.3 is 0 Å². The van der Waals surface area contributed by atoms with Gasteiger partial charge in [-0.2, -0.15) is 0 Å². The van der Waals surface area contributed by atoms with Crippen molar-refractivity contribution in [1.82, 2.24) is 24.3 Å². The maximum Gasteiger partial charge on any atom is 0.169 e. The van der Waals surface area contributed by atoms with E-state index in [0.29, 0.717) is 17.1 Å². The SMILES string of the molecule is CN(C)C(=S)SCC(CSC(=S)N(C)C)C(=O)c1cnc2ccc(-n3ccnc3)cc2c1. The molecule has 0 spiro atoms. The van der Waals surface area contributed by atoms with Crippen LogP contribution < -0.4 is 0 Å². The van der Waals surface area contributed by atoms with Crippen LogP contribution in [0.4, 0.5) is 0 Å². The molecule has 3 aromatic rings. The second kappa shape index (κ2) is 11.2. The van der Waals surface area contributed by atoms with Crippen molar-refractivity contribution < 1.29 is 4.79 Å². The first-order valence-corrected chi connectivity index (χ1v) is 12.7. The number of imidazole rings is 1. The fourth-order valence-electron chi connectivity index (χ4n) is 2.86. The molecule has 32 heavy (non-hydrogen) atoms. The van der Waals surface area contributed by atoms with Crippen molar-refractivity contribution in [2.45, 2.75) is 0 Å². The number of ketones is 1. The molecule has 0 bridgehead atoms. The molecular formula is C22H25N5OS4. The first-order valence-electron chi connectivity index (χ1n) is 9.86. The lowest BCUT2D eigenvalue weighted by Crippen LogP contribution is -2.25. The van der Waals surface area contributed by atoms with Crippen molar-refractivity contribution in [1.29, 1.82) is 0 Å². The minimum atomic E-state index is -0.239. The molecule has 2 aromatic heterocycles. The molecule has 2 heterocycles. The molecule has 0 atom stereocenters. The Kier molecular flexibility index (Phi) is 8.64. The fourth-order valence-corrected chi connectivity index (χ4v) is 5.16. The molecule has 0 saturated carbocycles. The van der Waals surface area contributed by atoms with E-state index in [0.717, 1.165) is 25.2 Å². The average Bonchev–Trinajstić information content (AvgIpc) is 3.32. The molecule has 6 nitrogen and oxygen atoms in total. The standard InChI is InChI=1S/C22H25N5OS4/c1-25(2)21(29)31-12-17(13-32-22(30)26(3)4)20(28)16-9-15-10-18(27-8-7-23-14-27)5-6-19(15)24-11-16/h5-11,14,17H,12-13H2,1-4H3. The van der Waals surface area contributed by atoms with Gasteiger partial charge in [0.15, 0.2) is 5.78 Å². The third-order valence-corrected chi connectivity index (χ3v) is 8.47. The van der Waals surface area contributed by atoms with E-state index in [9.17, 15) is 4.79 Å². The van der Waals surface area contributed by atoms with Crippen molar-refractivity contribution in [2.75, 3.05) is 39.7 Å².